The Kier molecular flexibility index (Phi) is 7.79. The second-order valence-corrected chi connectivity index (χ2v) is 7.38. The lowest BCUT2D eigenvalue weighted by molar-refractivity contribution is 0.0952. The fraction of sp³-hybridized carbons (Fsp3) is 0.391. The standard InChI is InChI=1S/C23H28FN3O3/c1-30-19-9-6-17(7-10-19)22(28)26-21-16-18(24)8-11-20(21)23(29)25-12-5-15-27-13-3-2-4-14-27/h6-11,16H,2-5,12-15H2,1H3,(H,25,29)(H,26,28). The molecular formula is C23H28FN3O3. The first-order valence-corrected chi connectivity index (χ1v) is 10.3. The van der Waals surface area contributed by atoms with Crippen LogP contribution in [-0.4, -0.2) is 50.0 Å². The van der Waals surface area contributed by atoms with Gasteiger partial charge < -0.3 is 20.3 Å². The van der Waals surface area contributed by atoms with Crippen molar-refractivity contribution in [2.75, 3.05) is 38.6 Å². The zero-order valence-corrected chi connectivity index (χ0v) is 17.2. The van der Waals surface area contributed by atoms with Crippen molar-refractivity contribution >= 4 is 17.5 Å². The third-order valence-corrected chi connectivity index (χ3v) is 5.21. The summed E-state index contributed by atoms with van der Waals surface area (Å²) in [6.07, 6.45) is 4.61. The molecule has 160 valence electrons. The molecule has 0 aliphatic carbocycles. The highest BCUT2D eigenvalue weighted by Crippen LogP contribution is 2.19. The summed E-state index contributed by atoms with van der Waals surface area (Å²) in [7, 11) is 1.54. The van der Waals surface area contributed by atoms with Crippen LogP contribution in [0.5, 0.6) is 5.75 Å². The Bertz CT molecular complexity index is 864. The number of nitrogens with zero attached hydrogens (tertiary/aromatic N) is 1. The van der Waals surface area contributed by atoms with Crippen molar-refractivity contribution in [3.8, 4) is 5.75 Å². The van der Waals surface area contributed by atoms with Crippen LogP contribution in [0, 0.1) is 5.82 Å². The van der Waals surface area contributed by atoms with Gasteiger partial charge in [0.05, 0.1) is 18.4 Å². The van der Waals surface area contributed by atoms with Crippen LogP contribution in [0.3, 0.4) is 0 Å². The first-order chi connectivity index (χ1) is 14.6. The lowest BCUT2D eigenvalue weighted by Crippen LogP contribution is -2.33. The number of hydrogen-bond donors (Lipinski definition) is 2. The SMILES string of the molecule is COc1ccc(C(=O)Nc2cc(F)ccc2C(=O)NCCCN2CCCCC2)cc1. The van der Waals surface area contributed by atoms with Crippen LogP contribution in [-0.2, 0) is 0 Å². The van der Waals surface area contributed by atoms with Crippen molar-refractivity contribution in [2.24, 2.45) is 0 Å². The number of likely N-dealkylation sites (tertiary alicyclic amines) is 1. The van der Waals surface area contributed by atoms with Crippen LogP contribution in [0.15, 0.2) is 42.5 Å². The first-order valence-electron chi connectivity index (χ1n) is 10.3. The van der Waals surface area contributed by atoms with Crippen molar-refractivity contribution in [3.05, 3.63) is 59.4 Å². The summed E-state index contributed by atoms with van der Waals surface area (Å²) in [6.45, 7) is 3.71. The minimum absolute atomic E-state index is 0.143. The predicted octanol–water partition coefficient (Wildman–Crippen LogP) is 3.69. The number of halogens is 1. The van der Waals surface area contributed by atoms with Gasteiger partial charge >= 0.3 is 0 Å². The number of carbonyl (C=O) groups excluding carboxylic acids is 2. The fourth-order valence-corrected chi connectivity index (χ4v) is 3.54. The number of rotatable bonds is 8. The Labute approximate surface area is 176 Å². The Hall–Kier alpha value is -2.93. The third kappa shape index (κ3) is 6.03. The molecule has 2 amide bonds. The van der Waals surface area contributed by atoms with Crippen molar-refractivity contribution in [2.45, 2.75) is 25.7 Å². The minimum atomic E-state index is -0.526. The molecule has 1 aliphatic rings. The fourth-order valence-electron chi connectivity index (χ4n) is 3.54. The van der Waals surface area contributed by atoms with E-state index in [0.29, 0.717) is 17.9 Å². The van der Waals surface area contributed by atoms with Gasteiger partial charge in [-0.15, -0.1) is 0 Å². The summed E-state index contributed by atoms with van der Waals surface area (Å²) in [4.78, 5) is 27.5. The van der Waals surface area contributed by atoms with Gasteiger partial charge in [-0.2, -0.15) is 0 Å². The van der Waals surface area contributed by atoms with E-state index in [4.69, 9.17) is 4.74 Å². The largest absolute Gasteiger partial charge is 0.497 e. The topological polar surface area (TPSA) is 70.7 Å². The highest BCUT2D eigenvalue weighted by Gasteiger charge is 2.16. The molecule has 1 fully saturated rings. The molecule has 0 unspecified atom stereocenters. The highest BCUT2D eigenvalue weighted by molar-refractivity contribution is 6.09. The zero-order chi connectivity index (χ0) is 21.3. The summed E-state index contributed by atoms with van der Waals surface area (Å²) in [6, 6.07) is 10.3. The van der Waals surface area contributed by atoms with E-state index in [1.807, 2.05) is 0 Å². The number of benzene rings is 2. The molecule has 1 aliphatic heterocycles. The normalized spacial score (nSPS) is 14.2. The maximum atomic E-state index is 13.8. The van der Waals surface area contributed by atoms with Crippen LogP contribution < -0.4 is 15.4 Å². The molecule has 2 aromatic carbocycles. The second kappa shape index (κ2) is 10.7. The summed E-state index contributed by atoms with van der Waals surface area (Å²) in [5.74, 6) is -0.662. The van der Waals surface area contributed by atoms with Crippen LogP contribution in [0.25, 0.3) is 0 Å². The van der Waals surface area contributed by atoms with Crippen molar-refractivity contribution in [1.82, 2.24) is 10.2 Å². The van der Waals surface area contributed by atoms with Gasteiger partial charge in [0.25, 0.3) is 11.8 Å². The number of nitrogens with one attached hydrogen (secondary N) is 2. The molecule has 0 radical (unpaired) electrons. The molecule has 7 heteroatoms. The van der Waals surface area contributed by atoms with Crippen molar-refractivity contribution in [1.29, 1.82) is 0 Å². The molecular weight excluding hydrogens is 385 g/mol. The number of ether oxygens (including phenoxy) is 1. The average molecular weight is 413 g/mol. The summed E-state index contributed by atoms with van der Waals surface area (Å²) >= 11 is 0. The van der Waals surface area contributed by atoms with E-state index < -0.39 is 11.7 Å². The Balaban J connectivity index is 1.59. The molecule has 0 bridgehead atoms. The van der Waals surface area contributed by atoms with E-state index >= 15 is 0 Å². The number of carbonyl (C=O) groups is 2. The summed E-state index contributed by atoms with van der Waals surface area (Å²) in [5.41, 5.74) is 0.758. The molecule has 0 saturated carbocycles. The van der Waals surface area contributed by atoms with Crippen LogP contribution >= 0.6 is 0 Å². The summed E-state index contributed by atoms with van der Waals surface area (Å²) < 4.78 is 18.9. The van der Waals surface area contributed by atoms with Crippen molar-refractivity contribution in [3.63, 3.8) is 0 Å². The predicted molar refractivity (Wildman–Crippen MR) is 115 cm³/mol. The molecule has 0 atom stereocenters. The third-order valence-electron chi connectivity index (χ3n) is 5.21. The second-order valence-electron chi connectivity index (χ2n) is 7.38. The van der Waals surface area contributed by atoms with Gasteiger partial charge in [-0.3, -0.25) is 9.59 Å². The van der Waals surface area contributed by atoms with E-state index in [0.717, 1.165) is 32.1 Å². The Morgan fingerprint density at radius 3 is 2.47 bits per heavy atom. The Morgan fingerprint density at radius 1 is 1.03 bits per heavy atom. The van der Waals surface area contributed by atoms with Gasteiger partial charge in [0.1, 0.15) is 11.6 Å². The molecule has 6 nitrogen and oxygen atoms in total. The quantitative estimate of drug-likeness (QED) is 0.648. The lowest BCUT2D eigenvalue weighted by Gasteiger charge is -2.26. The van der Waals surface area contributed by atoms with Gasteiger partial charge in [-0.1, -0.05) is 6.42 Å². The molecule has 2 aromatic rings. The van der Waals surface area contributed by atoms with E-state index in [2.05, 4.69) is 15.5 Å². The van der Waals surface area contributed by atoms with Gasteiger partial charge in [0, 0.05) is 12.1 Å². The number of amides is 2. The smallest absolute Gasteiger partial charge is 0.255 e. The number of hydrogen-bond acceptors (Lipinski definition) is 4. The van der Waals surface area contributed by atoms with Crippen LogP contribution in [0.2, 0.25) is 0 Å². The van der Waals surface area contributed by atoms with Crippen LogP contribution in [0.4, 0.5) is 10.1 Å². The van der Waals surface area contributed by atoms with Crippen molar-refractivity contribution < 1.29 is 18.7 Å². The highest BCUT2D eigenvalue weighted by atomic mass is 19.1. The zero-order valence-electron chi connectivity index (χ0n) is 17.2. The number of anilines is 1. The maximum Gasteiger partial charge on any atom is 0.255 e. The average Bonchev–Trinajstić information content (AvgIpc) is 2.77. The monoisotopic (exact) mass is 413 g/mol. The minimum Gasteiger partial charge on any atom is -0.497 e. The van der Waals surface area contributed by atoms with Gasteiger partial charge in [0.15, 0.2) is 0 Å². The van der Waals surface area contributed by atoms with Gasteiger partial charge in [-0.25, -0.2) is 4.39 Å². The molecule has 1 heterocycles. The van der Waals surface area contributed by atoms with Gasteiger partial charge in [-0.05, 0) is 81.4 Å². The van der Waals surface area contributed by atoms with E-state index in [9.17, 15) is 14.0 Å². The molecule has 0 spiro atoms. The van der Waals surface area contributed by atoms with Crippen LogP contribution in [0.1, 0.15) is 46.4 Å². The lowest BCUT2D eigenvalue weighted by atomic mass is 10.1. The number of methoxy groups -OCH3 is 1. The number of piperidine rings is 1. The summed E-state index contributed by atoms with van der Waals surface area (Å²) in [5, 5.41) is 5.51. The van der Waals surface area contributed by atoms with Gasteiger partial charge in [0.2, 0.25) is 0 Å². The molecule has 2 N–H and O–H groups in total. The molecule has 0 aromatic heterocycles. The van der Waals surface area contributed by atoms with E-state index in [-0.39, 0.29) is 17.2 Å². The first kappa shape index (κ1) is 21.8. The molecule has 1 saturated heterocycles. The Morgan fingerprint density at radius 2 is 1.77 bits per heavy atom. The molecule has 3 rings (SSSR count). The maximum absolute atomic E-state index is 13.8. The van der Waals surface area contributed by atoms with E-state index in [1.165, 1.54) is 31.4 Å². The molecule has 30 heavy (non-hydrogen) atoms. The van der Waals surface area contributed by atoms with E-state index in [1.54, 1.807) is 31.4 Å².